The molecule has 2 N–H and O–H groups in total. The third-order valence-electron chi connectivity index (χ3n) is 4.08. The van der Waals surface area contributed by atoms with E-state index in [0.29, 0.717) is 11.3 Å². The van der Waals surface area contributed by atoms with Crippen molar-refractivity contribution < 1.29 is 14.0 Å². The minimum atomic E-state index is -0.483. The molecule has 1 aromatic heterocycles. The van der Waals surface area contributed by atoms with E-state index in [1.165, 1.54) is 42.6 Å². The molecule has 0 bridgehead atoms. The van der Waals surface area contributed by atoms with E-state index in [0.717, 1.165) is 16.8 Å². The van der Waals surface area contributed by atoms with Crippen LogP contribution >= 0.6 is 0 Å². The first-order chi connectivity index (χ1) is 12.9. The Labute approximate surface area is 156 Å². The van der Waals surface area contributed by atoms with Crippen LogP contribution in [0.5, 0.6) is 0 Å². The van der Waals surface area contributed by atoms with Crippen molar-refractivity contribution >= 4 is 23.2 Å². The fraction of sp³-hybridized carbons (Fsp3) is 0.0952. The number of nitrogens with zero attached hydrogens (tertiary/aromatic N) is 1. The molecule has 0 atom stereocenters. The number of aryl methyl sites for hydroxylation is 2. The minimum Gasteiger partial charge on any atom is -0.322 e. The SMILES string of the molecule is Cc1cccc(C)c1NC(=O)c1ccnc(C(=O)Nc2ccc(F)cc2)c1. The zero-order valence-electron chi connectivity index (χ0n) is 14.9. The lowest BCUT2D eigenvalue weighted by Crippen LogP contribution is -2.17. The van der Waals surface area contributed by atoms with Crippen molar-refractivity contribution in [1.82, 2.24) is 4.98 Å². The van der Waals surface area contributed by atoms with Gasteiger partial charge in [0.2, 0.25) is 0 Å². The topological polar surface area (TPSA) is 71.1 Å². The molecule has 3 rings (SSSR count). The monoisotopic (exact) mass is 363 g/mol. The molecule has 0 aliphatic heterocycles. The van der Waals surface area contributed by atoms with Crippen molar-refractivity contribution in [1.29, 1.82) is 0 Å². The van der Waals surface area contributed by atoms with Crippen LogP contribution in [0.1, 0.15) is 32.0 Å². The Morgan fingerprint density at radius 3 is 2.22 bits per heavy atom. The second kappa shape index (κ2) is 7.78. The van der Waals surface area contributed by atoms with Gasteiger partial charge in [-0.15, -0.1) is 0 Å². The lowest BCUT2D eigenvalue weighted by Gasteiger charge is -2.12. The van der Waals surface area contributed by atoms with Crippen LogP contribution in [0.15, 0.2) is 60.8 Å². The van der Waals surface area contributed by atoms with Crippen molar-refractivity contribution in [3.8, 4) is 0 Å². The number of pyridine rings is 1. The molecule has 136 valence electrons. The average molecular weight is 363 g/mol. The summed E-state index contributed by atoms with van der Waals surface area (Å²) in [5.41, 5.74) is 3.49. The van der Waals surface area contributed by atoms with Crippen molar-refractivity contribution in [2.45, 2.75) is 13.8 Å². The summed E-state index contributed by atoms with van der Waals surface area (Å²) in [6.07, 6.45) is 1.40. The second-order valence-electron chi connectivity index (χ2n) is 6.11. The van der Waals surface area contributed by atoms with E-state index in [9.17, 15) is 14.0 Å². The fourth-order valence-corrected chi connectivity index (χ4v) is 2.62. The number of benzene rings is 2. The van der Waals surface area contributed by atoms with Crippen molar-refractivity contribution in [2.24, 2.45) is 0 Å². The van der Waals surface area contributed by atoms with E-state index in [-0.39, 0.29) is 11.6 Å². The number of carbonyl (C=O) groups excluding carboxylic acids is 2. The van der Waals surface area contributed by atoms with Gasteiger partial charge in [-0.1, -0.05) is 18.2 Å². The third-order valence-corrected chi connectivity index (χ3v) is 4.08. The second-order valence-corrected chi connectivity index (χ2v) is 6.11. The van der Waals surface area contributed by atoms with Crippen molar-refractivity contribution in [3.05, 3.63) is 89.0 Å². The van der Waals surface area contributed by atoms with Gasteiger partial charge in [0.15, 0.2) is 0 Å². The summed E-state index contributed by atoms with van der Waals surface area (Å²) < 4.78 is 13.0. The van der Waals surface area contributed by atoms with E-state index in [4.69, 9.17) is 0 Å². The van der Waals surface area contributed by atoms with Crippen LogP contribution in [0.4, 0.5) is 15.8 Å². The van der Waals surface area contributed by atoms with Gasteiger partial charge in [-0.2, -0.15) is 0 Å². The molecule has 0 fully saturated rings. The van der Waals surface area contributed by atoms with Gasteiger partial charge in [0, 0.05) is 23.1 Å². The summed E-state index contributed by atoms with van der Waals surface area (Å²) in [5.74, 6) is -1.20. The maximum absolute atomic E-state index is 13.0. The molecule has 0 radical (unpaired) electrons. The van der Waals surface area contributed by atoms with Crippen LogP contribution < -0.4 is 10.6 Å². The lowest BCUT2D eigenvalue weighted by molar-refractivity contribution is 0.102. The number of rotatable bonds is 4. The first-order valence-corrected chi connectivity index (χ1v) is 8.34. The predicted molar refractivity (Wildman–Crippen MR) is 102 cm³/mol. The number of aromatic nitrogens is 1. The van der Waals surface area contributed by atoms with E-state index >= 15 is 0 Å². The standard InChI is InChI=1S/C21H18FN3O2/c1-13-4-3-5-14(2)19(13)25-20(26)15-10-11-23-18(12-15)21(27)24-17-8-6-16(22)7-9-17/h3-12H,1-2H3,(H,24,27)(H,25,26). The first-order valence-electron chi connectivity index (χ1n) is 8.34. The van der Waals surface area contributed by atoms with E-state index in [2.05, 4.69) is 15.6 Å². The molecule has 0 spiro atoms. The zero-order valence-corrected chi connectivity index (χ0v) is 14.9. The van der Waals surface area contributed by atoms with Crippen LogP contribution in [0.25, 0.3) is 0 Å². The molecule has 2 aromatic carbocycles. The highest BCUT2D eigenvalue weighted by molar-refractivity contribution is 6.08. The molecule has 27 heavy (non-hydrogen) atoms. The number of anilines is 2. The molecule has 0 saturated carbocycles. The highest BCUT2D eigenvalue weighted by atomic mass is 19.1. The van der Waals surface area contributed by atoms with Crippen LogP contribution in [-0.2, 0) is 0 Å². The van der Waals surface area contributed by atoms with Crippen LogP contribution in [-0.4, -0.2) is 16.8 Å². The average Bonchev–Trinajstić information content (AvgIpc) is 2.66. The maximum Gasteiger partial charge on any atom is 0.274 e. The van der Waals surface area contributed by atoms with E-state index in [1.807, 2.05) is 32.0 Å². The van der Waals surface area contributed by atoms with Crippen molar-refractivity contribution in [3.63, 3.8) is 0 Å². The first kappa shape index (κ1) is 18.3. The van der Waals surface area contributed by atoms with Crippen LogP contribution in [0.3, 0.4) is 0 Å². The maximum atomic E-state index is 13.0. The van der Waals surface area contributed by atoms with Crippen LogP contribution in [0.2, 0.25) is 0 Å². The van der Waals surface area contributed by atoms with Crippen molar-refractivity contribution in [2.75, 3.05) is 10.6 Å². The number of para-hydroxylation sites is 1. The number of hydrogen-bond donors (Lipinski definition) is 2. The zero-order chi connectivity index (χ0) is 19.4. The summed E-state index contributed by atoms with van der Waals surface area (Å²) in [5, 5.41) is 5.50. The highest BCUT2D eigenvalue weighted by Gasteiger charge is 2.14. The summed E-state index contributed by atoms with van der Waals surface area (Å²) in [4.78, 5) is 28.9. The van der Waals surface area contributed by atoms with Gasteiger partial charge in [0.25, 0.3) is 11.8 Å². The molecule has 1 heterocycles. The Balaban J connectivity index is 1.77. The van der Waals surface area contributed by atoms with Gasteiger partial charge in [-0.05, 0) is 61.4 Å². The molecule has 6 heteroatoms. The molecule has 0 unspecified atom stereocenters. The number of carbonyl (C=O) groups is 2. The largest absolute Gasteiger partial charge is 0.322 e. The summed E-state index contributed by atoms with van der Waals surface area (Å²) in [6.45, 7) is 3.83. The molecular formula is C21H18FN3O2. The van der Waals surface area contributed by atoms with E-state index in [1.54, 1.807) is 0 Å². The lowest BCUT2D eigenvalue weighted by atomic mass is 10.1. The van der Waals surface area contributed by atoms with Gasteiger partial charge in [-0.25, -0.2) is 4.39 Å². The van der Waals surface area contributed by atoms with Crippen LogP contribution in [0, 0.1) is 19.7 Å². The van der Waals surface area contributed by atoms with Gasteiger partial charge in [0.05, 0.1) is 0 Å². The Kier molecular flexibility index (Phi) is 5.26. The number of hydrogen-bond acceptors (Lipinski definition) is 3. The highest BCUT2D eigenvalue weighted by Crippen LogP contribution is 2.20. The molecular weight excluding hydrogens is 345 g/mol. The summed E-state index contributed by atoms with van der Waals surface area (Å²) in [6, 6.07) is 14.1. The number of halogens is 1. The predicted octanol–water partition coefficient (Wildman–Crippen LogP) is 4.34. The van der Waals surface area contributed by atoms with Gasteiger partial charge in [0.1, 0.15) is 11.5 Å². The number of amides is 2. The summed E-state index contributed by atoms with van der Waals surface area (Å²) >= 11 is 0. The van der Waals surface area contributed by atoms with E-state index < -0.39 is 11.7 Å². The fourth-order valence-electron chi connectivity index (χ4n) is 2.62. The third kappa shape index (κ3) is 4.36. The molecule has 0 saturated heterocycles. The Hall–Kier alpha value is -3.54. The Bertz CT molecular complexity index is 980. The quantitative estimate of drug-likeness (QED) is 0.724. The molecule has 3 aromatic rings. The van der Waals surface area contributed by atoms with Gasteiger partial charge >= 0.3 is 0 Å². The Morgan fingerprint density at radius 2 is 1.56 bits per heavy atom. The minimum absolute atomic E-state index is 0.0912. The molecule has 0 aliphatic rings. The molecule has 5 nitrogen and oxygen atoms in total. The molecule has 2 amide bonds. The smallest absolute Gasteiger partial charge is 0.274 e. The normalized spacial score (nSPS) is 10.3. The number of nitrogens with one attached hydrogen (secondary N) is 2. The molecule has 0 aliphatic carbocycles. The van der Waals surface area contributed by atoms with Gasteiger partial charge < -0.3 is 10.6 Å². The summed E-state index contributed by atoms with van der Waals surface area (Å²) in [7, 11) is 0. The Morgan fingerprint density at radius 1 is 0.889 bits per heavy atom. The van der Waals surface area contributed by atoms with Gasteiger partial charge in [-0.3, -0.25) is 14.6 Å².